The van der Waals surface area contributed by atoms with Crippen LogP contribution in [0.3, 0.4) is 0 Å². The van der Waals surface area contributed by atoms with Crippen LogP contribution in [0.4, 0.5) is 4.39 Å². The molecule has 1 aliphatic carbocycles. The molecule has 6 rings (SSSR count). The molecule has 1 aromatic heterocycles. The zero-order valence-electron chi connectivity index (χ0n) is 15.8. The number of aliphatic imine (C=N–C) groups is 1. The first kappa shape index (κ1) is 16.2. The van der Waals surface area contributed by atoms with Gasteiger partial charge in [0, 0.05) is 30.3 Å². The van der Waals surface area contributed by atoms with E-state index in [9.17, 15) is 4.39 Å². The van der Waals surface area contributed by atoms with Gasteiger partial charge in [-0.25, -0.2) is 9.37 Å². The Bertz CT molecular complexity index is 1100. The van der Waals surface area contributed by atoms with E-state index in [1.165, 1.54) is 66.0 Å². The van der Waals surface area contributed by atoms with Crippen LogP contribution in [-0.4, -0.2) is 15.8 Å². The first-order chi connectivity index (χ1) is 13.7. The van der Waals surface area contributed by atoms with Gasteiger partial charge in [0.15, 0.2) is 0 Å². The van der Waals surface area contributed by atoms with Crippen LogP contribution in [0, 0.1) is 11.2 Å². The zero-order chi connectivity index (χ0) is 18.7. The van der Waals surface area contributed by atoms with Crippen molar-refractivity contribution in [2.75, 3.05) is 0 Å². The Balaban J connectivity index is 1.53. The van der Waals surface area contributed by atoms with Crippen LogP contribution in [0.1, 0.15) is 42.6 Å². The number of nitrogens with zero attached hydrogens (tertiary/aromatic N) is 3. The molecule has 1 saturated carbocycles. The minimum absolute atomic E-state index is 0.212. The van der Waals surface area contributed by atoms with E-state index in [4.69, 9.17) is 4.98 Å². The molecule has 0 radical (unpaired) electrons. The fourth-order valence-electron chi connectivity index (χ4n) is 5.34. The monoisotopic (exact) mass is 371 g/mol. The Morgan fingerprint density at radius 2 is 1.75 bits per heavy atom. The molecule has 0 saturated heterocycles. The molecule has 1 spiro atoms. The second kappa shape index (κ2) is 5.87. The number of benzene rings is 2. The van der Waals surface area contributed by atoms with E-state index in [1.807, 2.05) is 18.3 Å². The number of aromatic nitrogens is 2. The minimum Gasteiger partial charge on any atom is -0.327 e. The SMILES string of the molecule is Fc1ccc(-c2nc3n(c2-c2ccc4c(c2)C=NC4)CC2(CCCC2)C3)cc1. The van der Waals surface area contributed by atoms with E-state index in [0.29, 0.717) is 5.41 Å². The molecule has 0 amide bonds. The van der Waals surface area contributed by atoms with Gasteiger partial charge in [-0.2, -0.15) is 0 Å². The van der Waals surface area contributed by atoms with Crippen molar-refractivity contribution in [3.8, 4) is 22.5 Å². The van der Waals surface area contributed by atoms with E-state index < -0.39 is 0 Å². The summed E-state index contributed by atoms with van der Waals surface area (Å²) >= 11 is 0. The van der Waals surface area contributed by atoms with Gasteiger partial charge in [0.1, 0.15) is 11.6 Å². The van der Waals surface area contributed by atoms with Gasteiger partial charge >= 0.3 is 0 Å². The van der Waals surface area contributed by atoms with Crippen LogP contribution in [0.5, 0.6) is 0 Å². The van der Waals surface area contributed by atoms with Gasteiger partial charge in [0.05, 0.1) is 17.9 Å². The van der Waals surface area contributed by atoms with E-state index in [0.717, 1.165) is 30.8 Å². The molecule has 3 aromatic rings. The maximum Gasteiger partial charge on any atom is 0.123 e. The second-order valence-corrected chi connectivity index (χ2v) is 8.59. The lowest BCUT2D eigenvalue weighted by molar-refractivity contribution is 0.291. The predicted molar refractivity (Wildman–Crippen MR) is 109 cm³/mol. The Labute approximate surface area is 164 Å². The molecule has 0 unspecified atom stereocenters. The van der Waals surface area contributed by atoms with Gasteiger partial charge in [-0.3, -0.25) is 4.99 Å². The highest BCUT2D eigenvalue weighted by atomic mass is 19.1. The predicted octanol–water partition coefficient (Wildman–Crippen LogP) is 5.41. The van der Waals surface area contributed by atoms with E-state index in [2.05, 4.69) is 27.8 Å². The molecule has 3 aliphatic rings. The molecule has 2 aromatic carbocycles. The van der Waals surface area contributed by atoms with Crippen LogP contribution in [-0.2, 0) is 19.5 Å². The maximum atomic E-state index is 13.5. The number of fused-ring (bicyclic) bond motifs is 2. The van der Waals surface area contributed by atoms with Gasteiger partial charge < -0.3 is 4.57 Å². The van der Waals surface area contributed by atoms with Crippen LogP contribution >= 0.6 is 0 Å². The lowest BCUT2D eigenvalue weighted by atomic mass is 9.85. The van der Waals surface area contributed by atoms with Crippen LogP contribution in [0.15, 0.2) is 47.5 Å². The quantitative estimate of drug-likeness (QED) is 0.593. The Hall–Kier alpha value is -2.75. The molecule has 0 bridgehead atoms. The molecule has 4 heteroatoms. The number of hydrogen-bond donors (Lipinski definition) is 0. The Morgan fingerprint density at radius 3 is 2.57 bits per heavy atom. The fourth-order valence-corrected chi connectivity index (χ4v) is 5.34. The summed E-state index contributed by atoms with van der Waals surface area (Å²) < 4.78 is 15.9. The number of halogens is 1. The summed E-state index contributed by atoms with van der Waals surface area (Å²) in [4.78, 5) is 9.49. The summed E-state index contributed by atoms with van der Waals surface area (Å²) in [6, 6.07) is 13.4. The normalized spacial score (nSPS) is 18.8. The Kier molecular flexibility index (Phi) is 3.40. The second-order valence-electron chi connectivity index (χ2n) is 8.59. The van der Waals surface area contributed by atoms with Gasteiger partial charge in [0.25, 0.3) is 0 Å². The summed E-state index contributed by atoms with van der Waals surface area (Å²) in [6.07, 6.45) is 8.31. The molecular formula is C24H22FN3. The molecule has 0 atom stereocenters. The zero-order valence-corrected chi connectivity index (χ0v) is 15.8. The molecule has 28 heavy (non-hydrogen) atoms. The van der Waals surface area contributed by atoms with Gasteiger partial charge in [-0.05, 0) is 59.7 Å². The van der Waals surface area contributed by atoms with Crippen LogP contribution in [0.25, 0.3) is 22.5 Å². The maximum absolute atomic E-state index is 13.5. The number of rotatable bonds is 2. The summed E-state index contributed by atoms with van der Waals surface area (Å²) in [7, 11) is 0. The standard InChI is InChI=1S/C24H22FN3/c25-20-7-5-16(6-8-20)22-23(17-3-4-18-13-26-14-19(18)11-17)28-15-24(9-1-2-10-24)12-21(28)27-22/h3-8,11,14H,1-2,9-10,12-13,15H2. The minimum atomic E-state index is -0.212. The average molecular weight is 371 g/mol. The van der Waals surface area contributed by atoms with Crippen molar-refractivity contribution in [2.45, 2.75) is 45.2 Å². The molecule has 1 fully saturated rings. The highest BCUT2D eigenvalue weighted by molar-refractivity contribution is 5.88. The third-order valence-corrected chi connectivity index (χ3v) is 6.77. The largest absolute Gasteiger partial charge is 0.327 e. The Morgan fingerprint density at radius 1 is 0.964 bits per heavy atom. The number of hydrogen-bond acceptors (Lipinski definition) is 2. The van der Waals surface area contributed by atoms with Crippen molar-refractivity contribution < 1.29 is 4.39 Å². The summed E-state index contributed by atoms with van der Waals surface area (Å²) in [5.74, 6) is 0.973. The third kappa shape index (κ3) is 2.40. The van der Waals surface area contributed by atoms with Crippen molar-refractivity contribution in [1.82, 2.24) is 9.55 Å². The van der Waals surface area contributed by atoms with Gasteiger partial charge in [0.2, 0.25) is 0 Å². The van der Waals surface area contributed by atoms with Gasteiger partial charge in [-0.15, -0.1) is 0 Å². The highest BCUT2D eigenvalue weighted by Crippen LogP contribution is 2.49. The van der Waals surface area contributed by atoms with Crippen LogP contribution < -0.4 is 0 Å². The fraction of sp³-hybridized carbons (Fsp3) is 0.333. The molecule has 0 N–H and O–H groups in total. The third-order valence-electron chi connectivity index (χ3n) is 6.77. The first-order valence-electron chi connectivity index (χ1n) is 10.2. The smallest absolute Gasteiger partial charge is 0.123 e. The lowest BCUT2D eigenvalue weighted by Crippen LogP contribution is -2.18. The molecule has 3 heterocycles. The first-order valence-corrected chi connectivity index (χ1v) is 10.2. The number of imidazole rings is 1. The molecular weight excluding hydrogens is 349 g/mol. The van der Waals surface area contributed by atoms with E-state index >= 15 is 0 Å². The molecule has 2 aliphatic heterocycles. The summed E-state index contributed by atoms with van der Waals surface area (Å²) in [6.45, 7) is 1.82. The van der Waals surface area contributed by atoms with Crippen molar-refractivity contribution in [3.63, 3.8) is 0 Å². The lowest BCUT2D eigenvalue weighted by Gasteiger charge is -2.22. The topological polar surface area (TPSA) is 30.2 Å². The molecule has 140 valence electrons. The van der Waals surface area contributed by atoms with Crippen molar-refractivity contribution >= 4 is 6.21 Å². The van der Waals surface area contributed by atoms with Crippen molar-refractivity contribution in [3.05, 3.63) is 65.2 Å². The van der Waals surface area contributed by atoms with Crippen molar-refractivity contribution in [2.24, 2.45) is 10.4 Å². The van der Waals surface area contributed by atoms with E-state index in [-0.39, 0.29) is 5.82 Å². The average Bonchev–Trinajstić information content (AvgIpc) is 3.46. The van der Waals surface area contributed by atoms with Gasteiger partial charge in [-0.1, -0.05) is 25.0 Å². The van der Waals surface area contributed by atoms with Crippen molar-refractivity contribution in [1.29, 1.82) is 0 Å². The summed E-state index contributed by atoms with van der Waals surface area (Å²) in [5, 5.41) is 0. The highest BCUT2D eigenvalue weighted by Gasteiger charge is 2.42. The van der Waals surface area contributed by atoms with E-state index in [1.54, 1.807) is 0 Å². The summed E-state index contributed by atoms with van der Waals surface area (Å²) in [5.41, 5.74) is 7.18. The van der Waals surface area contributed by atoms with Crippen LogP contribution in [0.2, 0.25) is 0 Å². The molecule has 3 nitrogen and oxygen atoms in total.